The molecule has 2 heterocycles. The van der Waals surface area contributed by atoms with Crippen LogP contribution in [0.5, 0.6) is 0 Å². The average molecular weight is 284 g/mol. The number of methoxy groups -OCH3 is 1. The quantitative estimate of drug-likeness (QED) is 0.819. The van der Waals surface area contributed by atoms with Crippen LogP contribution in [-0.4, -0.2) is 63.4 Å². The fraction of sp³-hybridized carbons (Fsp3) is 0.933. The van der Waals surface area contributed by atoms with Crippen molar-refractivity contribution in [1.29, 1.82) is 0 Å². The highest BCUT2D eigenvalue weighted by Crippen LogP contribution is 2.25. The highest BCUT2D eigenvalue weighted by atomic mass is 16.5. The lowest BCUT2D eigenvalue weighted by Crippen LogP contribution is -2.54. The van der Waals surface area contributed by atoms with E-state index in [-0.39, 0.29) is 5.91 Å². The Balaban J connectivity index is 1.83. The standard InChI is InChI=1S/C15H28N2O3/c1-17(10-3-13-4-11-20-12-5-13)14(18)15(19-2)6-8-16-9-7-15/h13,16H,3-12H2,1-2H3. The number of ether oxygens (including phenoxy) is 2. The summed E-state index contributed by atoms with van der Waals surface area (Å²) in [6.07, 6.45) is 4.86. The van der Waals surface area contributed by atoms with Gasteiger partial charge in [0.05, 0.1) is 0 Å². The molecule has 5 nitrogen and oxygen atoms in total. The minimum absolute atomic E-state index is 0.147. The van der Waals surface area contributed by atoms with Crippen LogP contribution < -0.4 is 5.32 Å². The van der Waals surface area contributed by atoms with Crippen molar-refractivity contribution >= 4 is 5.91 Å². The maximum Gasteiger partial charge on any atom is 0.254 e. The van der Waals surface area contributed by atoms with Gasteiger partial charge in [-0.2, -0.15) is 0 Å². The van der Waals surface area contributed by atoms with Crippen LogP contribution >= 0.6 is 0 Å². The number of likely N-dealkylation sites (N-methyl/N-ethyl adjacent to an activating group) is 1. The van der Waals surface area contributed by atoms with Gasteiger partial charge in [0.1, 0.15) is 5.60 Å². The number of carbonyl (C=O) groups excluding carboxylic acids is 1. The fourth-order valence-corrected chi connectivity index (χ4v) is 3.20. The second kappa shape index (κ2) is 7.38. The zero-order valence-corrected chi connectivity index (χ0v) is 12.8. The third-order valence-corrected chi connectivity index (χ3v) is 4.75. The normalized spacial score (nSPS) is 23.5. The molecule has 0 radical (unpaired) electrons. The van der Waals surface area contributed by atoms with E-state index in [1.165, 1.54) is 0 Å². The van der Waals surface area contributed by atoms with Gasteiger partial charge in [-0.25, -0.2) is 0 Å². The molecular formula is C15H28N2O3. The van der Waals surface area contributed by atoms with Gasteiger partial charge in [0.25, 0.3) is 5.91 Å². The summed E-state index contributed by atoms with van der Waals surface area (Å²) in [5, 5.41) is 3.29. The van der Waals surface area contributed by atoms with E-state index >= 15 is 0 Å². The first kappa shape index (κ1) is 15.7. The number of nitrogens with zero attached hydrogens (tertiary/aromatic N) is 1. The molecular weight excluding hydrogens is 256 g/mol. The van der Waals surface area contributed by atoms with E-state index in [4.69, 9.17) is 9.47 Å². The van der Waals surface area contributed by atoms with Crippen LogP contribution in [-0.2, 0) is 14.3 Å². The van der Waals surface area contributed by atoms with Crippen LogP contribution in [0, 0.1) is 5.92 Å². The minimum Gasteiger partial charge on any atom is -0.381 e. The molecule has 2 saturated heterocycles. The monoisotopic (exact) mass is 284 g/mol. The Morgan fingerprint density at radius 2 is 2.00 bits per heavy atom. The van der Waals surface area contributed by atoms with Crippen molar-refractivity contribution in [3.8, 4) is 0 Å². The maximum absolute atomic E-state index is 12.7. The van der Waals surface area contributed by atoms with Crippen LogP contribution in [0.3, 0.4) is 0 Å². The van der Waals surface area contributed by atoms with Crippen molar-refractivity contribution in [3.63, 3.8) is 0 Å². The van der Waals surface area contributed by atoms with E-state index in [1.54, 1.807) is 7.11 Å². The maximum atomic E-state index is 12.7. The van der Waals surface area contributed by atoms with Gasteiger partial charge in [-0.3, -0.25) is 4.79 Å². The summed E-state index contributed by atoms with van der Waals surface area (Å²) in [4.78, 5) is 14.5. The number of nitrogens with one attached hydrogen (secondary N) is 1. The third kappa shape index (κ3) is 3.71. The molecule has 0 unspecified atom stereocenters. The van der Waals surface area contributed by atoms with Crippen LogP contribution in [0.15, 0.2) is 0 Å². The van der Waals surface area contributed by atoms with E-state index < -0.39 is 5.60 Å². The molecule has 0 atom stereocenters. The number of amides is 1. The van der Waals surface area contributed by atoms with Gasteiger partial charge in [0.15, 0.2) is 0 Å². The molecule has 5 heteroatoms. The van der Waals surface area contributed by atoms with Crippen molar-refractivity contribution in [2.24, 2.45) is 5.92 Å². The second-order valence-corrected chi connectivity index (χ2v) is 6.02. The van der Waals surface area contributed by atoms with Crippen molar-refractivity contribution in [1.82, 2.24) is 10.2 Å². The summed E-state index contributed by atoms with van der Waals surface area (Å²) >= 11 is 0. The Morgan fingerprint density at radius 1 is 1.35 bits per heavy atom. The molecule has 0 spiro atoms. The van der Waals surface area contributed by atoms with Crippen molar-refractivity contribution in [2.75, 3.05) is 47.0 Å². The smallest absolute Gasteiger partial charge is 0.254 e. The molecule has 0 aromatic carbocycles. The minimum atomic E-state index is -0.602. The Kier molecular flexibility index (Phi) is 5.81. The first-order valence-corrected chi connectivity index (χ1v) is 7.77. The molecule has 0 aromatic heterocycles. The molecule has 2 aliphatic rings. The van der Waals surface area contributed by atoms with Crippen molar-refractivity contribution in [2.45, 2.75) is 37.7 Å². The predicted molar refractivity (Wildman–Crippen MR) is 77.6 cm³/mol. The summed E-state index contributed by atoms with van der Waals surface area (Å²) in [5.41, 5.74) is -0.602. The lowest BCUT2D eigenvalue weighted by molar-refractivity contribution is -0.157. The molecule has 116 valence electrons. The third-order valence-electron chi connectivity index (χ3n) is 4.75. The lowest BCUT2D eigenvalue weighted by atomic mass is 9.90. The van der Waals surface area contributed by atoms with Gasteiger partial charge in [0, 0.05) is 33.9 Å². The average Bonchev–Trinajstić information content (AvgIpc) is 2.53. The Morgan fingerprint density at radius 3 is 2.60 bits per heavy atom. The lowest BCUT2D eigenvalue weighted by Gasteiger charge is -2.38. The summed E-state index contributed by atoms with van der Waals surface area (Å²) in [6.45, 7) is 4.27. The van der Waals surface area contributed by atoms with Crippen LogP contribution in [0.2, 0.25) is 0 Å². The number of hydrogen-bond donors (Lipinski definition) is 1. The van der Waals surface area contributed by atoms with Gasteiger partial charge < -0.3 is 19.7 Å². The predicted octanol–water partition coefficient (Wildman–Crippen LogP) is 1.03. The second-order valence-electron chi connectivity index (χ2n) is 6.02. The van der Waals surface area contributed by atoms with Crippen LogP contribution in [0.4, 0.5) is 0 Å². The van der Waals surface area contributed by atoms with Gasteiger partial charge in [-0.15, -0.1) is 0 Å². The molecule has 0 aromatic rings. The highest BCUT2D eigenvalue weighted by molar-refractivity contribution is 5.85. The van der Waals surface area contributed by atoms with E-state index in [2.05, 4.69) is 5.32 Å². The summed E-state index contributed by atoms with van der Waals surface area (Å²) in [7, 11) is 3.57. The van der Waals surface area contributed by atoms with Crippen LogP contribution in [0.25, 0.3) is 0 Å². The van der Waals surface area contributed by atoms with Gasteiger partial charge >= 0.3 is 0 Å². The van der Waals surface area contributed by atoms with Crippen LogP contribution in [0.1, 0.15) is 32.1 Å². The molecule has 0 aliphatic carbocycles. The van der Waals surface area contributed by atoms with Crippen molar-refractivity contribution in [3.05, 3.63) is 0 Å². The van der Waals surface area contributed by atoms with Gasteiger partial charge in [-0.1, -0.05) is 0 Å². The number of rotatable bonds is 5. The summed E-state index contributed by atoms with van der Waals surface area (Å²) in [5.74, 6) is 0.846. The Hall–Kier alpha value is -0.650. The largest absolute Gasteiger partial charge is 0.381 e. The summed E-state index contributed by atoms with van der Waals surface area (Å²) < 4.78 is 11.0. The number of carbonyl (C=O) groups is 1. The fourth-order valence-electron chi connectivity index (χ4n) is 3.20. The molecule has 2 aliphatic heterocycles. The number of piperidine rings is 1. The first-order chi connectivity index (χ1) is 9.68. The van der Waals surface area contributed by atoms with Gasteiger partial charge in [0.2, 0.25) is 0 Å². The van der Waals surface area contributed by atoms with E-state index in [0.29, 0.717) is 5.92 Å². The van der Waals surface area contributed by atoms with E-state index in [9.17, 15) is 4.79 Å². The van der Waals surface area contributed by atoms with Gasteiger partial charge in [-0.05, 0) is 51.1 Å². The highest BCUT2D eigenvalue weighted by Gasteiger charge is 2.41. The molecule has 0 saturated carbocycles. The summed E-state index contributed by atoms with van der Waals surface area (Å²) in [6, 6.07) is 0. The Bertz CT molecular complexity index is 310. The molecule has 2 rings (SSSR count). The molecule has 1 N–H and O–H groups in total. The Labute approximate surface area is 122 Å². The molecule has 1 amide bonds. The van der Waals surface area contributed by atoms with E-state index in [0.717, 1.165) is 65.0 Å². The van der Waals surface area contributed by atoms with E-state index in [1.807, 2.05) is 11.9 Å². The zero-order valence-electron chi connectivity index (χ0n) is 12.8. The zero-order chi connectivity index (χ0) is 14.4. The van der Waals surface area contributed by atoms with Crippen molar-refractivity contribution < 1.29 is 14.3 Å². The SMILES string of the molecule is COC1(C(=O)N(C)CCC2CCOCC2)CCNCC1. The molecule has 20 heavy (non-hydrogen) atoms. The topological polar surface area (TPSA) is 50.8 Å². The first-order valence-electron chi connectivity index (χ1n) is 7.77. The number of hydrogen-bond acceptors (Lipinski definition) is 4. The molecule has 2 fully saturated rings. The molecule has 0 bridgehead atoms.